The third-order valence-electron chi connectivity index (χ3n) is 3.03. The van der Waals surface area contributed by atoms with Crippen molar-refractivity contribution in [2.75, 3.05) is 5.73 Å². The number of nitrogens with two attached hydrogens (primary N) is 2. The molecule has 0 heterocycles. The van der Waals surface area contributed by atoms with E-state index in [1.54, 1.807) is 0 Å². The van der Waals surface area contributed by atoms with Crippen molar-refractivity contribution in [3.05, 3.63) is 28.2 Å². The fourth-order valence-electron chi connectivity index (χ4n) is 2.29. The van der Waals surface area contributed by atoms with E-state index in [0.29, 0.717) is 5.92 Å². The molecule has 1 aliphatic rings. The number of hydrogen-bond acceptors (Lipinski definition) is 2. The quantitative estimate of drug-likeness (QED) is 0.758. The average molecular weight is 255 g/mol. The number of benzene rings is 1. The highest BCUT2D eigenvalue weighted by atomic mass is 79.9. The van der Waals surface area contributed by atoms with Gasteiger partial charge in [-0.15, -0.1) is 0 Å². The predicted octanol–water partition coefficient (Wildman–Crippen LogP) is 2.63. The zero-order valence-corrected chi connectivity index (χ0v) is 9.63. The molecular weight excluding hydrogens is 240 g/mol. The van der Waals surface area contributed by atoms with Gasteiger partial charge in [-0.25, -0.2) is 0 Å². The Labute approximate surface area is 92.8 Å². The van der Waals surface area contributed by atoms with Gasteiger partial charge in [-0.05, 0) is 30.5 Å². The Hall–Kier alpha value is -0.540. The van der Waals surface area contributed by atoms with E-state index in [-0.39, 0.29) is 6.04 Å². The summed E-state index contributed by atoms with van der Waals surface area (Å²) in [6.07, 6.45) is 3.49. The summed E-state index contributed by atoms with van der Waals surface area (Å²) in [5.74, 6) is 0.436. The largest absolute Gasteiger partial charge is 0.398 e. The van der Waals surface area contributed by atoms with Crippen LogP contribution in [0.1, 0.15) is 30.7 Å². The lowest BCUT2D eigenvalue weighted by Crippen LogP contribution is -2.23. The van der Waals surface area contributed by atoms with Crippen LogP contribution in [-0.2, 0) is 0 Å². The molecule has 0 saturated heterocycles. The van der Waals surface area contributed by atoms with Crippen molar-refractivity contribution >= 4 is 21.6 Å². The highest BCUT2D eigenvalue weighted by Gasteiger charge is 2.28. The van der Waals surface area contributed by atoms with Crippen molar-refractivity contribution < 1.29 is 0 Å². The summed E-state index contributed by atoms with van der Waals surface area (Å²) in [7, 11) is 0. The molecule has 0 bridgehead atoms. The normalized spacial score (nSPS) is 26.7. The second kappa shape index (κ2) is 3.91. The molecule has 0 radical (unpaired) electrons. The highest BCUT2D eigenvalue weighted by Crippen LogP contribution is 2.39. The Morgan fingerprint density at radius 3 is 2.64 bits per heavy atom. The molecule has 3 heteroatoms. The van der Waals surface area contributed by atoms with Gasteiger partial charge in [0.05, 0.1) is 0 Å². The van der Waals surface area contributed by atoms with Gasteiger partial charge in [0, 0.05) is 22.1 Å². The molecule has 1 aliphatic carbocycles. The van der Waals surface area contributed by atoms with Crippen LogP contribution in [0.2, 0.25) is 0 Å². The summed E-state index contributed by atoms with van der Waals surface area (Å²) in [6, 6.07) is 6.22. The summed E-state index contributed by atoms with van der Waals surface area (Å²) in [4.78, 5) is 0. The summed E-state index contributed by atoms with van der Waals surface area (Å²) in [6.45, 7) is 0. The first kappa shape index (κ1) is 9.99. The zero-order valence-electron chi connectivity index (χ0n) is 8.04. The first-order chi connectivity index (χ1) is 6.70. The monoisotopic (exact) mass is 254 g/mol. The van der Waals surface area contributed by atoms with Crippen LogP contribution in [0.25, 0.3) is 0 Å². The maximum absolute atomic E-state index is 6.07. The molecule has 1 aromatic rings. The van der Waals surface area contributed by atoms with Crippen LogP contribution in [0.4, 0.5) is 5.69 Å². The Morgan fingerprint density at radius 2 is 2.07 bits per heavy atom. The second-order valence-electron chi connectivity index (χ2n) is 3.94. The van der Waals surface area contributed by atoms with Gasteiger partial charge >= 0.3 is 0 Å². The van der Waals surface area contributed by atoms with Gasteiger partial charge in [0.15, 0.2) is 0 Å². The first-order valence-electron chi connectivity index (χ1n) is 4.99. The molecule has 1 fully saturated rings. The van der Waals surface area contributed by atoms with Crippen LogP contribution in [0.15, 0.2) is 22.7 Å². The molecule has 4 N–H and O–H groups in total. The molecule has 2 nitrogen and oxygen atoms in total. The molecule has 1 aromatic carbocycles. The molecule has 0 spiro atoms. The fourth-order valence-corrected chi connectivity index (χ4v) is 2.97. The van der Waals surface area contributed by atoms with Crippen molar-refractivity contribution in [3.63, 3.8) is 0 Å². The Kier molecular flexibility index (Phi) is 2.79. The first-order valence-corrected chi connectivity index (χ1v) is 5.79. The standard InChI is InChI=1S/C11H15BrN2/c12-8-4-2-6-10(14)11(8)7-3-1-5-9(7)13/h2,4,6-7,9H,1,3,5,13-14H2. The summed E-state index contributed by atoms with van der Waals surface area (Å²) >= 11 is 3.55. The molecule has 2 unspecified atom stereocenters. The molecule has 0 aliphatic heterocycles. The fraction of sp³-hybridized carbons (Fsp3) is 0.455. The molecule has 2 rings (SSSR count). The van der Waals surface area contributed by atoms with E-state index in [2.05, 4.69) is 15.9 Å². The Balaban J connectivity index is 2.39. The van der Waals surface area contributed by atoms with Crippen molar-refractivity contribution in [1.82, 2.24) is 0 Å². The number of anilines is 1. The minimum atomic E-state index is 0.274. The summed E-state index contributed by atoms with van der Waals surface area (Å²) in [5.41, 5.74) is 14.1. The lowest BCUT2D eigenvalue weighted by atomic mass is 9.93. The highest BCUT2D eigenvalue weighted by molar-refractivity contribution is 9.10. The second-order valence-corrected chi connectivity index (χ2v) is 4.80. The number of rotatable bonds is 1. The van der Waals surface area contributed by atoms with Crippen LogP contribution >= 0.6 is 15.9 Å². The molecule has 2 atom stereocenters. The predicted molar refractivity (Wildman–Crippen MR) is 63.1 cm³/mol. The van der Waals surface area contributed by atoms with E-state index >= 15 is 0 Å². The smallest absolute Gasteiger partial charge is 0.0361 e. The van der Waals surface area contributed by atoms with Gasteiger partial charge in [0.1, 0.15) is 0 Å². The van der Waals surface area contributed by atoms with Crippen molar-refractivity contribution in [3.8, 4) is 0 Å². The van der Waals surface area contributed by atoms with Crippen molar-refractivity contribution in [2.24, 2.45) is 5.73 Å². The van der Waals surface area contributed by atoms with E-state index in [1.165, 1.54) is 12.0 Å². The van der Waals surface area contributed by atoms with Gasteiger partial charge in [0.2, 0.25) is 0 Å². The maximum atomic E-state index is 6.07. The minimum absolute atomic E-state index is 0.274. The van der Waals surface area contributed by atoms with Crippen LogP contribution in [0.5, 0.6) is 0 Å². The Morgan fingerprint density at radius 1 is 1.29 bits per heavy atom. The molecule has 76 valence electrons. The molecule has 0 amide bonds. The van der Waals surface area contributed by atoms with Gasteiger partial charge < -0.3 is 11.5 Å². The lowest BCUT2D eigenvalue weighted by molar-refractivity contribution is 0.612. The number of nitrogen functional groups attached to an aromatic ring is 1. The van der Waals surface area contributed by atoms with Crippen molar-refractivity contribution in [1.29, 1.82) is 0 Å². The third-order valence-corrected chi connectivity index (χ3v) is 3.72. The van der Waals surface area contributed by atoms with Crippen LogP contribution in [0, 0.1) is 0 Å². The average Bonchev–Trinajstić information content (AvgIpc) is 2.52. The Bertz CT molecular complexity index is 318. The SMILES string of the molecule is Nc1cccc(Br)c1C1CCCC1N. The number of halogens is 1. The van der Waals surface area contributed by atoms with E-state index in [4.69, 9.17) is 11.5 Å². The van der Waals surface area contributed by atoms with Gasteiger partial charge in [0.25, 0.3) is 0 Å². The summed E-state index contributed by atoms with van der Waals surface area (Å²) < 4.78 is 1.10. The van der Waals surface area contributed by atoms with E-state index in [1.807, 2.05) is 18.2 Å². The summed E-state index contributed by atoms with van der Waals surface area (Å²) in [5, 5.41) is 0. The number of hydrogen-bond donors (Lipinski definition) is 2. The third kappa shape index (κ3) is 1.66. The maximum Gasteiger partial charge on any atom is 0.0361 e. The van der Waals surface area contributed by atoms with E-state index in [9.17, 15) is 0 Å². The molecular formula is C11H15BrN2. The van der Waals surface area contributed by atoms with Gasteiger partial charge in [-0.3, -0.25) is 0 Å². The van der Waals surface area contributed by atoms with Crippen LogP contribution in [-0.4, -0.2) is 6.04 Å². The van der Waals surface area contributed by atoms with Crippen LogP contribution in [0.3, 0.4) is 0 Å². The molecule has 1 saturated carbocycles. The van der Waals surface area contributed by atoms with E-state index in [0.717, 1.165) is 23.0 Å². The zero-order chi connectivity index (χ0) is 10.1. The molecule has 0 aromatic heterocycles. The van der Waals surface area contributed by atoms with Gasteiger partial charge in [-0.2, -0.15) is 0 Å². The van der Waals surface area contributed by atoms with Gasteiger partial charge in [-0.1, -0.05) is 28.4 Å². The van der Waals surface area contributed by atoms with Crippen molar-refractivity contribution in [2.45, 2.75) is 31.2 Å². The topological polar surface area (TPSA) is 52.0 Å². The molecule has 14 heavy (non-hydrogen) atoms. The minimum Gasteiger partial charge on any atom is -0.398 e. The van der Waals surface area contributed by atoms with Crippen LogP contribution < -0.4 is 11.5 Å². The van der Waals surface area contributed by atoms with E-state index < -0.39 is 0 Å². The lowest BCUT2D eigenvalue weighted by Gasteiger charge is -2.19.